The number of hydrogen-bond donors (Lipinski definition) is 0. The van der Waals surface area contributed by atoms with Gasteiger partial charge in [0, 0.05) is 55.5 Å². The first-order chi connectivity index (χ1) is 13.9. The van der Waals surface area contributed by atoms with Gasteiger partial charge in [0.25, 0.3) is 0 Å². The van der Waals surface area contributed by atoms with Crippen molar-refractivity contribution in [3.8, 4) is 0 Å². The summed E-state index contributed by atoms with van der Waals surface area (Å²) in [5, 5.41) is 0. The van der Waals surface area contributed by atoms with E-state index in [4.69, 9.17) is 9.72 Å². The molecular weight excluding hydrogens is 458 g/mol. The van der Waals surface area contributed by atoms with Crippen LogP contribution in [0.5, 0.6) is 0 Å². The van der Waals surface area contributed by atoms with Gasteiger partial charge >= 0.3 is 0 Å². The predicted molar refractivity (Wildman–Crippen MR) is 115 cm³/mol. The highest BCUT2D eigenvalue weighted by atomic mass is 79.9. The molecule has 2 aliphatic heterocycles. The number of rotatable bonds is 4. The van der Waals surface area contributed by atoms with Crippen LogP contribution < -0.4 is 9.80 Å². The highest BCUT2D eigenvalue weighted by molar-refractivity contribution is 9.10. The summed E-state index contributed by atoms with van der Waals surface area (Å²) in [6.45, 7) is 6.88. The number of hydrogen-bond acceptors (Lipinski definition) is 7. The second-order valence-electron chi connectivity index (χ2n) is 7.09. The van der Waals surface area contributed by atoms with E-state index >= 15 is 0 Å². The lowest BCUT2D eigenvalue weighted by atomic mass is 10.3. The van der Waals surface area contributed by atoms with Crippen molar-refractivity contribution in [2.24, 2.45) is 0 Å². The molecule has 1 aromatic carbocycles. The van der Waals surface area contributed by atoms with E-state index in [9.17, 15) is 8.42 Å². The van der Waals surface area contributed by atoms with Gasteiger partial charge in [-0.15, -0.1) is 0 Å². The van der Waals surface area contributed by atoms with Crippen molar-refractivity contribution in [2.45, 2.75) is 11.8 Å². The number of nitrogens with zero attached hydrogens (tertiary/aromatic N) is 5. The first kappa shape index (κ1) is 20.5. The van der Waals surface area contributed by atoms with Gasteiger partial charge in [-0.1, -0.05) is 12.1 Å². The average molecular weight is 482 g/mol. The van der Waals surface area contributed by atoms with Crippen LogP contribution >= 0.6 is 15.9 Å². The molecule has 0 atom stereocenters. The molecule has 2 aliphatic rings. The predicted octanol–water partition coefficient (Wildman–Crippen LogP) is 1.90. The topological polar surface area (TPSA) is 78.9 Å². The van der Waals surface area contributed by atoms with Crippen molar-refractivity contribution in [3.63, 3.8) is 0 Å². The number of ether oxygens (including phenoxy) is 1. The van der Waals surface area contributed by atoms with E-state index in [2.05, 4.69) is 30.7 Å². The largest absolute Gasteiger partial charge is 0.378 e. The molecule has 0 N–H and O–H groups in total. The Bertz CT molecular complexity index is 974. The second kappa shape index (κ2) is 8.55. The minimum absolute atomic E-state index is 0.301. The minimum atomic E-state index is -3.53. The number of benzene rings is 1. The maximum absolute atomic E-state index is 13.0. The van der Waals surface area contributed by atoms with Crippen molar-refractivity contribution in [1.29, 1.82) is 0 Å². The Hall–Kier alpha value is -1.75. The van der Waals surface area contributed by atoms with E-state index < -0.39 is 10.0 Å². The average Bonchev–Trinajstić information content (AvgIpc) is 2.74. The molecule has 0 spiro atoms. The Balaban J connectivity index is 1.48. The second-order valence-corrected chi connectivity index (χ2v) is 9.85. The Morgan fingerprint density at radius 2 is 1.66 bits per heavy atom. The number of halogens is 1. The van der Waals surface area contributed by atoms with Gasteiger partial charge in [0.2, 0.25) is 16.0 Å². The summed E-state index contributed by atoms with van der Waals surface area (Å²) < 4.78 is 33.5. The van der Waals surface area contributed by atoms with Gasteiger partial charge in [-0.25, -0.2) is 13.4 Å². The number of sulfonamides is 1. The van der Waals surface area contributed by atoms with E-state index in [1.54, 1.807) is 18.2 Å². The molecule has 0 unspecified atom stereocenters. The Morgan fingerprint density at radius 3 is 2.34 bits per heavy atom. The quantitative estimate of drug-likeness (QED) is 0.659. The van der Waals surface area contributed by atoms with Crippen molar-refractivity contribution in [1.82, 2.24) is 14.3 Å². The van der Waals surface area contributed by atoms with E-state index in [0.29, 0.717) is 54.7 Å². The van der Waals surface area contributed by atoms with Crippen molar-refractivity contribution in [3.05, 3.63) is 40.5 Å². The van der Waals surface area contributed by atoms with Gasteiger partial charge in [-0.05, 0) is 35.0 Å². The summed E-state index contributed by atoms with van der Waals surface area (Å²) in [6, 6.07) is 8.91. The summed E-state index contributed by atoms with van der Waals surface area (Å²) in [6.07, 6.45) is 0. The number of aromatic nitrogens is 2. The maximum Gasteiger partial charge on any atom is 0.244 e. The molecule has 0 radical (unpaired) electrons. The number of piperazine rings is 1. The fourth-order valence-corrected chi connectivity index (χ4v) is 5.94. The van der Waals surface area contributed by atoms with Crippen LogP contribution in [0.15, 0.2) is 39.7 Å². The third-order valence-electron chi connectivity index (χ3n) is 5.14. The summed E-state index contributed by atoms with van der Waals surface area (Å²) in [4.78, 5) is 13.9. The molecule has 0 bridgehead atoms. The van der Waals surface area contributed by atoms with E-state index in [-0.39, 0.29) is 0 Å². The molecule has 0 amide bonds. The van der Waals surface area contributed by atoms with Gasteiger partial charge in [-0.2, -0.15) is 9.29 Å². The van der Waals surface area contributed by atoms with Crippen molar-refractivity contribution < 1.29 is 13.2 Å². The lowest BCUT2D eigenvalue weighted by molar-refractivity contribution is 0.122. The standard InChI is InChI=1S/C19H24BrN5O3S/c1-15-14-18(23-10-12-28-13-11-23)22-19(21-15)24-6-8-25(9-7-24)29(26,27)17-5-3-2-4-16(17)20/h2-5,14H,6-13H2,1H3. The van der Waals surface area contributed by atoms with E-state index in [0.717, 1.165) is 24.6 Å². The molecular formula is C19H24BrN5O3S. The van der Waals surface area contributed by atoms with Crippen LogP contribution in [0.2, 0.25) is 0 Å². The molecule has 0 aliphatic carbocycles. The summed E-state index contributed by atoms with van der Waals surface area (Å²) in [5.41, 5.74) is 0.903. The van der Waals surface area contributed by atoms with Gasteiger partial charge < -0.3 is 14.5 Å². The minimum Gasteiger partial charge on any atom is -0.378 e. The number of aryl methyl sites for hydroxylation is 1. The van der Waals surface area contributed by atoms with Crippen molar-refractivity contribution in [2.75, 3.05) is 62.3 Å². The summed E-state index contributed by atoms with van der Waals surface area (Å²) in [5.74, 6) is 1.56. The smallest absolute Gasteiger partial charge is 0.244 e. The Kier molecular flexibility index (Phi) is 6.05. The van der Waals surface area contributed by atoms with Gasteiger partial charge in [-0.3, -0.25) is 0 Å². The molecule has 0 saturated carbocycles. The lowest BCUT2D eigenvalue weighted by Crippen LogP contribution is -2.49. The molecule has 1 aromatic heterocycles. The molecule has 2 aromatic rings. The zero-order valence-corrected chi connectivity index (χ0v) is 18.7. The monoisotopic (exact) mass is 481 g/mol. The van der Waals surface area contributed by atoms with Crippen LogP contribution in [-0.2, 0) is 14.8 Å². The first-order valence-corrected chi connectivity index (χ1v) is 11.9. The molecule has 29 heavy (non-hydrogen) atoms. The van der Waals surface area contributed by atoms with E-state index in [1.165, 1.54) is 4.31 Å². The molecule has 2 saturated heterocycles. The summed E-state index contributed by atoms with van der Waals surface area (Å²) >= 11 is 3.35. The van der Waals surface area contributed by atoms with Crippen molar-refractivity contribution >= 4 is 37.7 Å². The third-order valence-corrected chi connectivity index (χ3v) is 8.05. The fourth-order valence-electron chi connectivity index (χ4n) is 3.55. The third kappa shape index (κ3) is 4.40. The van der Waals surface area contributed by atoms with Crippen LogP contribution in [0.1, 0.15) is 5.69 Å². The lowest BCUT2D eigenvalue weighted by Gasteiger charge is -2.35. The molecule has 10 heteroatoms. The van der Waals surface area contributed by atoms with E-state index in [1.807, 2.05) is 19.1 Å². The molecule has 156 valence electrons. The molecule has 2 fully saturated rings. The highest BCUT2D eigenvalue weighted by Gasteiger charge is 2.30. The maximum atomic E-state index is 13.0. The number of anilines is 2. The number of morpholine rings is 1. The molecule has 8 nitrogen and oxygen atoms in total. The van der Waals surface area contributed by atoms with Gasteiger partial charge in [0.15, 0.2) is 0 Å². The fraction of sp³-hybridized carbons (Fsp3) is 0.474. The normalized spacial score (nSPS) is 18.8. The van der Waals surface area contributed by atoms with Gasteiger partial charge in [0.1, 0.15) is 5.82 Å². The zero-order chi connectivity index (χ0) is 20.4. The van der Waals surface area contributed by atoms with Crippen LogP contribution in [0.4, 0.5) is 11.8 Å². The Labute approximate surface area is 179 Å². The molecule has 3 heterocycles. The Morgan fingerprint density at radius 1 is 0.966 bits per heavy atom. The van der Waals surface area contributed by atoms with Crippen LogP contribution in [-0.4, -0.2) is 75.2 Å². The van der Waals surface area contributed by atoms with Crippen LogP contribution in [0.3, 0.4) is 0 Å². The highest BCUT2D eigenvalue weighted by Crippen LogP contribution is 2.26. The van der Waals surface area contributed by atoms with Gasteiger partial charge in [0.05, 0.1) is 18.1 Å². The summed E-state index contributed by atoms with van der Waals surface area (Å²) in [7, 11) is -3.53. The zero-order valence-electron chi connectivity index (χ0n) is 16.3. The van der Waals surface area contributed by atoms with Crippen LogP contribution in [0, 0.1) is 6.92 Å². The van der Waals surface area contributed by atoms with Crippen LogP contribution in [0.25, 0.3) is 0 Å². The first-order valence-electron chi connectivity index (χ1n) is 9.63. The molecule has 4 rings (SSSR count). The SMILES string of the molecule is Cc1cc(N2CCOCC2)nc(N2CCN(S(=O)(=O)c3ccccc3Br)CC2)n1.